The van der Waals surface area contributed by atoms with Gasteiger partial charge in [-0.25, -0.2) is 4.68 Å². The first kappa shape index (κ1) is 14.3. The summed E-state index contributed by atoms with van der Waals surface area (Å²) in [5.41, 5.74) is -0.569. The smallest absolute Gasteiger partial charge is 0.266 e. The van der Waals surface area contributed by atoms with Crippen LogP contribution in [0.4, 0.5) is 0 Å². The van der Waals surface area contributed by atoms with E-state index in [1.165, 1.54) is 24.5 Å². The van der Waals surface area contributed by atoms with Gasteiger partial charge in [0.15, 0.2) is 0 Å². The van der Waals surface area contributed by atoms with E-state index in [2.05, 4.69) is 11.7 Å². The molecule has 3 nitrogen and oxygen atoms in total. The maximum absolute atomic E-state index is 11.6. The Morgan fingerprint density at radius 2 is 2.00 bits per heavy atom. The van der Waals surface area contributed by atoms with E-state index in [1.54, 1.807) is 0 Å². The Labute approximate surface area is 118 Å². The van der Waals surface area contributed by atoms with Crippen molar-refractivity contribution in [3.05, 3.63) is 55.4 Å². The van der Waals surface area contributed by atoms with E-state index in [4.69, 9.17) is 46.4 Å². The molecule has 0 N–H and O–H groups in total. The van der Waals surface area contributed by atoms with Crippen molar-refractivity contribution in [1.29, 1.82) is 0 Å². The zero-order chi connectivity index (χ0) is 13.0. The molecule has 0 spiro atoms. The Hall–Kier alpha value is -0.740. The van der Waals surface area contributed by atoms with Gasteiger partial charge in [-0.2, -0.15) is 5.10 Å². The molecule has 0 aliphatic heterocycles. The van der Waals surface area contributed by atoms with Crippen LogP contribution >= 0.6 is 46.4 Å². The zero-order valence-electron chi connectivity index (χ0n) is 8.33. The number of hydrogen-bond donors (Lipinski definition) is 0. The lowest BCUT2D eigenvalue weighted by atomic mass is 10.4. The third kappa shape index (κ3) is 3.89. The third-order valence-electron chi connectivity index (χ3n) is 1.62. The molecule has 1 aromatic rings. The molecule has 0 atom stereocenters. The number of rotatable bonds is 3. The van der Waals surface area contributed by atoms with Crippen molar-refractivity contribution in [3.8, 4) is 0 Å². The van der Waals surface area contributed by atoms with Crippen LogP contribution in [0.2, 0.25) is 10.0 Å². The van der Waals surface area contributed by atoms with Crippen LogP contribution in [0.5, 0.6) is 0 Å². The number of hydrogen-bond acceptors (Lipinski definition) is 2. The Balaban J connectivity index is 3.20. The Morgan fingerprint density at radius 1 is 1.35 bits per heavy atom. The van der Waals surface area contributed by atoms with Gasteiger partial charge in [-0.3, -0.25) is 4.79 Å². The molecule has 0 fully saturated rings. The molecule has 7 heteroatoms. The molecule has 0 saturated carbocycles. The molecular weight excluding hydrogens is 306 g/mol. The summed E-state index contributed by atoms with van der Waals surface area (Å²) in [4.78, 5) is 11.6. The molecule has 0 unspecified atom stereocenters. The van der Waals surface area contributed by atoms with Crippen LogP contribution in [0.1, 0.15) is 0 Å². The fraction of sp³-hybridized carbons (Fsp3) is 0. The van der Waals surface area contributed by atoms with Crippen molar-refractivity contribution in [3.63, 3.8) is 0 Å². The number of nitrogens with zero attached hydrogens (tertiary/aromatic N) is 2. The van der Waals surface area contributed by atoms with Crippen LogP contribution in [-0.2, 0) is 0 Å². The van der Waals surface area contributed by atoms with Crippen LogP contribution < -0.4 is 5.56 Å². The minimum absolute atomic E-state index is 0.0807. The van der Waals surface area contributed by atoms with E-state index in [1.807, 2.05) is 0 Å². The highest BCUT2D eigenvalue weighted by Gasteiger charge is 2.05. The van der Waals surface area contributed by atoms with Crippen molar-refractivity contribution in [1.82, 2.24) is 9.78 Å². The zero-order valence-corrected chi connectivity index (χ0v) is 11.4. The largest absolute Gasteiger partial charge is 0.291 e. The summed E-state index contributed by atoms with van der Waals surface area (Å²) in [7, 11) is 0. The van der Waals surface area contributed by atoms with Gasteiger partial charge >= 0.3 is 0 Å². The van der Waals surface area contributed by atoms with Gasteiger partial charge < -0.3 is 0 Å². The molecule has 0 aromatic carbocycles. The highest BCUT2D eigenvalue weighted by molar-refractivity contribution is 6.41. The molecule has 90 valence electrons. The number of allylic oxidation sites excluding steroid dienone is 4. The first-order chi connectivity index (χ1) is 7.95. The Bertz CT molecular complexity index is 560. The molecule has 0 amide bonds. The van der Waals surface area contributed by atoms with Gasteiger partial charge in [0.1, 0.15) is 5.02 Å². The fourth-order valence-electron chi connectivity index (χ4n) is 0.861. The van der Waals surface area contributed by atoms with Crippen LogP contribution in [0.15, 0.2) is 39.8 Å². The van der Waals surface area contributed by atoms with Crippen LogP contribution in [-0.4, -0.2) is 9.78 Å². The highest BCUT2D eigenvalue weighted by Crippen LogP contribution is 2.16. The van der Waals surface area contributed by atoms with Crippen molar-refractivity contribution in [2.45, 2.75) is 0 Å². The molecule has 0 aliphatic carbocycles. The van der Waals surface area contributed by atoms with E-state index in [9.17, 15) is 4.79 Å². The average Bonchev–Trinajstić information content (AvgIpc) is 2.29. The summed E-state index contributed by atoms with van der Waals surface area (Å²) in [6, 6.07) is 0. The SMILES string of the molecule is C=C/C(Cl)=C\C(Cl)=C\n1ncc(Cl)c(Cl)c1=O. The normalized spacial score (nSPS) is 12.7. The van der Waals surface area contributed by atoms with Crippen molar-refractivity contribution in [2.75, 3.05) is 0 Å². The Morgan fingerprint density at radius 3 is 2.59 bits per heavy atom. The molecule has 0 saturated heterocycles. The van der Waals surface area contributed by atoms with Crippen LogP contribution in [0, 0.1) is 0 Å². The minimum atomic E-state index is -0.569. The van der Waals surface area contributed by atoms with Crippen LogP contribution in [0.25, 0.3) is 6.20 Å². The monoisotopic (exact) mass is 310 g/mol. The second kappa shape index (κ2) is 6.26. The topological polar surface area (TPSA) is 34.9 Å². The summed E-state index contributed by atoms with van der Waals surface area (Å²) in [5, 5.41) is 4.23. The lowest BCUT2D eigenvalue weighted by Crippen LogP contribution is -2.18. The molecule has 17 heavy (non-hydrogen) atoms. The lowest BCUT2D eigenvalue weighted by Gasteiger charge is -1.99. The number of halogens is 4. The molecule has 1 rings (SSSR count). The van der Waals surface area contributed by atoms with Crippen molar-refractivity contribution >= 4 is 52.6 Å². The second-order valence-electron chi connectivity index (χ2n) is 2.80. The molecule has 1 heterocycles. The van der Waals surface area contributed by atoms with Gasteiger partial charge in [-0.1, -0.05) is 59.1 Å². The fourth-order valence-corrected chi connectivity index (χ4v) is 1.50. The van der Waals surface area contributed by atoms with Gasteiger partial charge in [0.25, 0.3) is 5.56 Å². The predicted molar refractivity (Wildman–Crippen MR) is 72.8 cm³/mol. The summed E-state index contributed by atoms with van der Waals surface area (Å²) in [5.74, 6) is 0. The molecular formula is C10H6Cl4N2O. The van der Waals surface area contributed by atoms with Gasteiger partial charge in [0.05, 0.1) is 22.5 Å². The Kier molecular flexibility index (Phi) is 5.28. The van der Waals surface area contributed by atoms with Crippen molar-refractivity contribution < 1.29 is 0 Å². The molecule has 0 aliphatic rings. The predicted octanol–water partition coefficient (Wildman–Crippen LogP) is 3.90. The first-order valence-corrected chi connectivity index (χ1v) is 5.76. The summed E-state index contributed by atoms with van der Waals surface area (Å²) < 4.78 is 0.959. The van der Waals surface area contributed by atoms with E-state index < -0.39 is 5.56 Å². The standard InChI is InChI=1S/C10H6Cl4N2O/c1-2-6(11)3-7(12)5-16-10(17)9(14)8(13)4-15-16/h2-5H,1H2/b6-3+,7-5-. The maximum atomic E-state index is 11.6. The van der Waals surface area contributed by atoms with Gasteiger partial charge in [0, 0.05) is 5.03 Å². The lowest BCUT2D eigenvalue weighted by molar-refractivity contribution is 0.852. The van der Waals surface area contributed by atoms with Crippen LogP contribution in [0.3, 0.4) is 0 Å². The van der Waals surface area contributed by atoms with Gasteiger partial charge in [-0.05, 0) is 6.08 Å². The minimum Gasteiger partial charge on any atom is -0.266 e. The van der Waals surface area contributed by atoms with E-state index in [0.29, 0.717) is 5.03 Å². The van der Waals surface area contributed by atoms with Gasteiger partial charge in [0.2, 0.25) is 0 Å². The highest BCUT2D eigenvalue weighted by atomic mass is 35.5. The molecule has 0 radical (unpaired) electrons. The molecule has 0 bridgehead atoms. The maximum Gasteiger partial charge on any atom is 0.291 e. The average molecular weight is 312 g/mol. The van der Waals surface area contributed by atoms with E-state index in [-0.39, 0.29) is 15.1 Å². The summed E-state index contributed by atoms with van der Waals surface area (Å²) in [6.07, 6.45) is 5.32. The van der Waals surface area contributed by atoms with E-state index in [0.717, 1.165) is 4.68 Å². The van der Waals surface area contributed by atoms with E-state index >= 15 is 0 Å². The third-order valence-corrected chi connectivity index (χ3v) is 2.84. The quantitative estimate of drug-likeness (QED) is 0.794. The number of aromatic nitrogens is 2. The van der Waals surface area contributed by atoms with Gasteiger partial charge in [-0.15, -0.1) is 0 Å². The summed E-state index contributed by atoms with van der Waals surface area (Å²) >= 11 is 22.8. The first-order valence-electron chi connectivity index (χ1n) is 4.25. The second-order valence-corrected chi connectivity index (χ2v) is 4.46. The summed E-state index contributed by atoms with van der Waals surface area (Å²) in [6.45, 7) is 3.46. The molecule has 1 aromatic heterocycles. The van der Waals surface area contributed by atoms with Crippen molar-refractivity contribution in [2.24, 2.45) is 0 Å².